The van der Waals surface area contributed by atoms with Gasteiger partial charge in [-0.05, 0) is 34.7 Å². The normalized spacial score (nSPS) is 11.6. The monoisotopic (exact) mass is 288 g/mol. The third kappa shape index (κ3) is 3.10. The summed E-state index contributed by atoms with van der Waals surface area (Å²) in [5.41, 5.74) is -0.961. The Bertz CT molecular complexity index is 415. The van der Waals surface area contributed by atoms with Gasteiger partial charge in [-0.25, -0.2) is 0 Å². The van der Waals surface area contributed by atoms with Gasteiger partial charge in [0.1, 0.15) is 0 Å². The highest BCUT2D eigenvalue weighted by Gasteiger charge is 2.48. The summed E-state index contributed by atoms with van der Waals surface area (Å²) in [5.74, 6) is -0.448. The van der Waals surface area contributed by atoms with Crippen molar-refractivity contribution in [3.05, 3.63) is 35.9 Å². The Morgan fingerprint density at radius 1 is 1.17 bits per heavy atom. The van der Waals surface area contributed by atoms with Crippen LogP contribution in [0.2, 0.25) is 0 Å². The molecule has 0 atom stereocenters. The lowest BCUT2D eigenvalue weighted by Crippen LogP contribution is -2.49. The first-order chi connectivity index (χ1) is 8.41. The van der Waals surface area contributed by atoms with Crippen LogP contribution < -0.4 is 0 Å². The van der Waals surface area contributed by atoms with Crippen LogP contribution in [-0.2, 0) is 20.9 Å². The fourth-order valence-corrected chi connectivity index (χ4v) is 2.35. The Hall–Kier alpha value is -0.900. The van der Waals surface area contributed by atoms with Crippen LogP contribution in [0.1, 0.15) is 19.4 Å². The van der Waals surface area contributed by atoms with E-state index in [0.717, 1.165) is 5.56 Å². The molecule has 0 bridgehead atoms. The third-order valence-electron chi connectivity index (χ3n) is 2.71. The van der Waals surface area contributed by atoms with E-state index in [1.165, 1.54) is 0 Å². The van der Waals surface area contributed by atoms with Gasteiger partial charge in [-0.15, -0.1) is 0 Å². The molecule has 1 aromatic rings. The lowest BCUT2D eigenvalue weighted by molar-refractivity contribution is -0.155. The summed E-state index contributed by atoms with van der Waals surface area (Å²) in [4.78, 5) is 23.0. The standard InChI is InChI=1S/C13H14Cl2O3/c1-9(2)13(11(14)16,12(15)17)18-8-10-6-4-3-5-7-10/h3-7,9H,8H2,1-2H3. The van der Waals surface area contributed by atoms with E-state index >= 15 is 0 Å². The Kier molecular flexibility index (Phi) is 5.32. The third-order valence-corrected chi connectivity index (χ3v) is 3.27. The van der Waals surface area contributed by atoms with Crippen LogP contribution in [0.3, 0.4) is 0 Å². The maximum Gasteiger partial charge on any atom is 0.262 e. The number of carbonyl (C=O) groups is 2. The molecule has 18 heavy (non-hydrogen) atoms. The summed E-state index contributed by atoms with van der Waals surface area (Å²) < 4.78 is 5.44. The van der Waals surface area contributed by atoms with Crippen LogP contribution in [0.5, 0.6) is 0 Å². The predicted molar refractivity (Wildman–Crippen MR) is 70.5 cm³/mol. The molecule has 1 rings (SSSR count). The molecule has 0 saturated heterocycles. The summed E-state index contributed by atoms with van der Waals surface area (Å²) in [5, 5.41) is -1.79. The van der Waals surface area contributed by atoms with E-state index in [-0.39, 0.29) is 6.61 Å². The van der Waals surface area contributed by atoms with E-state index in [2.05, 4.69) is 0 Å². The average molecular weight is 289 g/mol. The lowest BCUT2D eigenvalue weighted by atomic mass is 9.92. The highest BCUT2D eigenvalue weighted by atomic mass is 35.5. The minimum atomic E-state index is -1.79. The number of rotatable bonds is 6. The van der Waals surface area contributed by atoms with Gasteiger partial charge < -0.3 is 4.74 Å². The van der Waals surface area contributed by atoms with Crippen molar-refractivity contribution in [1.29, 1.82) is 0 Å². The van der Waals surface area contributed by atoms with Gasteiger partial charge in [-0.2, -0.15) is 0 Å². The van der Waals surface area contributed by atoms with Crippen LogP contribution in [0.4, 0.5) is 0 Å². The molecule has 0 N–H and O–H groups in total. The molecule has 3 nitrogen and oxygen atoms in total. The van der Waals surface area contributed by atoms with Gasteiger partial charge in [0, 0.05) is 0 Å². The molecule has 98 valence electrons. The molecular formula is C13H14Cl2O3. The van der Waals surface area contributed by atoms with E-state index in [1.54, 1.807) is 13.8 Å². The SMILES string of the molecule is CC(C)C(OCc1ccccc1)(C(=O)Cl)C(=O)Cl. The van der Waals surface area contributed by atoms with Gasteiger partial charge in [-0.3, -0.25) is 9.59 Å². The summed E-state index contributed by atoms with van der Waals surface area (Å²) in [6.45, 7) is 3.41. The van der Waals surface area contributed by atoms with E-state index in [0.29, 0.717) is 0 Å². The molecule has 0 radical (unpaired) electrons. The van der Waals surface area contributed by atoms with Crippen molar-refractivity contribution in [1.82, 2.24) is 0 Å². The molecule has 0 unspecified atom stereocenters. The van der Waals surface area contributed by atoms with Gasteiger partial charge in [-0.1, -0.05) is 44.2 Å². The van der Waals surface area contributed by atoms with Crippen LogP contribution in [0, 0.1) is 5.92 Å². The maximum absolute atomic E-state index is 11.5. The first-order valence-electron chi connectivity index (χ1n) is 5.49. The fourth-order valence-electron chi connectivity index (χ4n) is 1.58. The fraction of sp³-hybridized carbons (Fsp3) is 0.385. The van der Waals surface area contributed by atoms with Crippen molar-refractivity contribution in [3.8, 4) is 0 Å². The number of benzene rings is 1. The Labute approximate surface area is 116 Å². The minimum absolute atomic E-state index is 0.0932. The highest BCUT2D eigenvalue weighted by molar-refractivity contribution is 6.76. The van der Waals surface area contributed by atoms with Crippen molar-refractivity contribution in [2.45, 2.75) is 26.1 Å². The van der Waals surface area contributed by atoms with Crippen molar-refractivity contribution < 1.29 is 14.3 Å². The van der Waals surface area contributed by atoms with E-state index in [9.17, 15) is 9.59 Å². The first kappa shape index (κ1) is 15.2. The largest absolute Gasteiger partial charge is 0.352 e. The Balaban J connectivity index is 2.93. The molecule has 0 amide bonds. The summed E-state index contributed by atoms with van der Waals surface area (Å²) >= 11 is 11.0. The second-order valence-corrected chi connectivity index (χ2v) is 4.90. The van der Waals surface area contributed by atoms with Crippen LogP contribution in [-0.4, -0.2) is 16.1 Å². The quantitative estimate of drug-likeness (QED) is 0.597. The van der Waals surface area contributed by atoms with Gasteiger partial charge in [0.25, 0.3) is 10.5 Å². The zero-order chi connectivity index (χ0) is 13.8. The molecular weight excluding hydrogens is 275 g/mol. The molecule has 0 aliphatic heterocycles. The predicted octanol–water partition coefficient (Wildman–Crippen LogP) is 3.13. The van der Waals surface area contributed by atoms with E-state index < -0.39 is 22.0 Å². The molecule has 0 heterocycles. The van der Waals surface area contributed by atoms with Gasteiger partial charge in [0.15, 0.2) is 0 Å². The zero-order valence-corrected chi connectivity index (χ0v) is 11.7. The Morgan fingerprint density at radius 3 is 2.06 bits per heavy atom. The number of ether oxygens (including phenoxy) is 1. The minimum Gasteiger partial charge on any atom is -0.352 e. The second kappa shape index (κ2) is 6.32. The number of carbonyl (C=O) groups excluding carboxylic acids is 2. The smallest absolute Gasteiger partial charge is 0.262 e. The van der Waals surface area contributed by atoms with E-state index in [4.69, 9.17) is 27.9 Å². The van der Waals surface area contributed by atoms with Crippen LogP contribution in [0.25, 0.3) is 0 Å². The molecule has 0 fully saturated rings. The molecule has 0 aliphatic carbocycles. The van der Waals surface area contributed by atoms with Crippen molar-refractivity contribution in [2.24, 2.45) is 5.92 Å². The van der Waals surface area contributed by atoms with Crippen molar-refractivity contribution in [3.63, 3.8) is 0 Å². The lowest BCUT2D eigenvalue weighted by Gasteiger charge is -2.30. The van der Waals surface area contributed by atoms with Gasteiger partial charge in [0.2, 0.25) is 5.60 Å². The Morgan fingerprint density at radius 2 is 1.67 bits per heavy atom. The van der Waals surface area contributed by atoms with Crippen molar-refractivity contribution >= 4 is 33.7 Å². The van der Waals surface area contributed by atoms with E-state index in [1.807, 2.05) is 30.3 Å². The molecule has 5 heteroatoms. The first-order valence-corrected chi connectivity index (χ1v) is 6.24. The zero-order valence-electron chi connectivity index (χ0n) is 10.2. The van der Waals surface area contributed by atoms with Crippen LogP contribution >= 0.6 is 23.2 Å². The molecule has 0 saturated carbocycles. The number of hydrogen-bond donors (Lipinski definition) is 0. The molecule has 0 spiro atoms. The van der Waals surface area contributed by atoms with Crippen molar-refractivity contribution in [2.75, 3.05) is 0 Å². The molecule has 0 aliphatic rings. The van der Waals surface area contributed by atoms with Crippen LogP contribution in [0.15, 0.2) is 30.3 Å². The summed E-state index contributed by atoms with van der Waals surface area (Å²) in [7, 11) is 0. The second-order valence-electron chi connectivity index (χ2n) is 4.21. The number of hydrogen-bond acceptors (Lipinski definition) is 3. The maximum atomic E-state index is 11.5. The summed E-state index contributed by atoms with van der Waals surface area (Å²) in [6.07, 6.45) is 0. The summed E-state index contributed by atoms with van der Waals surface area (Å²) in [6, 6.07) is 9.17. The number of halogens is 2. The van der Waals surface area contributed by atoms with Gasteiger partial charge in [0.05, 0.1) is 6.61 Å². The van der Waals surface area contributed by atoms with Gasteiger partial charge >= 0.3 is 0 Å². The average Bonchev–Trinajstić information content (AvgIpc) is 2.29. The molecule has 0 aromatic heterocycles. The molecule has 1 aromatic carbocycles. The highest BCUT2D eigenvalue weighted by Crippen LogP contribution is 2.29. The topological polar surface area (TPSA) is 43.4 Å².